The van der Waals surface area contributed by atoms with E-state index in [4.69, 9.17) is 0 Å². The van der Waals surface area contributed by atoms with Crippen LogP contribution in [0.15, 0.2) is 30.0 Å². The highest BCUT2D eigenvalue weighted by Crippen LogP contribution is 2.25. The fraction of sp³-hybridized carbons (Fsp3) is 0.579. The second-order valence-electron chi connectivity index (χ2n) is 7.33. The first kappa shape index (κ1) is 17.1. The summed E-state index contributed by atoms with van der Waals surface area (Å²) < 4.78 is 0. The van der Waals surface area contributed by atoms with E-state index in [1.54, 1.807) is 18.6 Å². The zero-order valence-corrected chi connectivity index (χ0v) is 15.4. The summed E-state index contributed by atoms with van der Waals surface area (Å²) in [6.45, 7) is 6.20. The van der Waals surface area contributed by atoms with Crippen molar-refractivity contribution < 1.29 is 5.11 Å². The van der Waals surface area contributed by atoms with Crippen molar-refractivity contribution in [3.8, 4) is 0 Å². The number of thiophene rings is 1. The molecule has 0 spiro atoms. The topological polar surface area (TPSA) is 52.5 Å². The number of aliphatic hydroxyl groups is 1. The number of hydrogen-bond donors (Lipinski definition) is 1. The van der Waals surface area contributed by atoms with Crippen LogP contribution in [0.5, 0.6) is 0 Å². The number of hydrogen-bond acceptors (Lipinski definition) is 6. The van der Waals surface area contributed by atoms with E-state index in [1.807, 2.05) is 11.3 Å². The molecule has 25 heavy (non-hydrogen) atoms. The van der Waals surface area contributed by atoms with E-state index in [9.17, 15) is 5.11 Å². The van der Waals surface area contributed by atoms with Gasteiger partial charge in [-0.1, -0.05) is 0 Å². The molecule has 0 bridgehead atoms. The van der Waals surface area contributed by atoms with Crippen molar-refractivity contribution in [2.75, 3.05) is 26.2 Å². The van der Waals surface area contributed by atoms with Crippen LogP contribution in [0.4, 0.5) is 0 Å². The maximum absolute atomic E-state index is 10.4. The van der Waals surface area contributed by atoms with Gasteiger partial charge < -0.3 is 5.11 Å². The maximum atomic E-state index is 10.4. The Morgan fingerprint density at radius 2 is 2.00 bits per heavy atom. The van der Waals surface area contributed by atoms with Crippen molar-refractivity contribution in [2.45, 2.75) is 38.5 Å². The lowest BCUT2D eigenvalue weighted by molar-refractivity contribution is 0.140. The van der Waals surface area contributed by atoms with Gasteiger partial charge in [0, 0.05) is 55.6 Å². The Bertz CT molecular complexity index is 671. The third-order valence-electron chi connectivity index (χ3n) is 5.26. The summed E-state index contributed by atoms with van der Waals surface area (Å²) in [6, 6.07) is 2.35. The average molecular weight is 359 g/mol. The van der Waals surface area contributed by atoms with Gasteiger partial charge in [-0.2, -0.15) is 0 Å². The van der Waals surface area contributed by atoms with Crippen molar-refractivity contribution in [2.24, 2.45) is 5.92 Å². The fourth-order valence-electron chi connectivity index (χ4n) is 3.99. The molecule has 2 atom stereocenters. The van der Waals surface area contributed by atoms with Gasteiger partial charge in [-0.15, -0.1) is 11.3 Å². The number of likely N-dealkylation sites (tertiary alicyclic amines) is 2. The predicted molar refractivity (Wildman–Crippen MR) is 99.3 cm³/mol. The largest absolute Gasteiger partial charge is 0.391 e. The van der Waals surface area contributed by atoms with Gasteiger partial charge in [-0.3, -0.25) is 19.8 Å². The summed E-state index contributed by atoms with van der Waals surface area (Å²) in [5, 5.41) is 12.7. The molecule has 0 saturated carbocycles. The van der Waals surface area contributed by atoms with Crippen molar-refractivity contribution in [1.82, 2.24) is 19.8 Å². The van der Waals surface area contributed by atoms with Gasteiger partial charge in [0.1, 0.15) is 0 Å². The highest BCUT2D eigenvalue weighted by Gasteiger charge is 2.31. The van der Waals surface area contributed by atoms with E-state index in [2.05, 4.69) is 31.2 Å². The van der Waals surface area contributed by atoms with Crippen molar-refractivity contribution >= 4 is 11.3 Å². The zero-order valence-electron chi connectivity index (χ0n) is 14.5. The minimum Gasteiger partial charge on any atom is -0.391 e. The number of nitrogens with zero attached hydrogens (tertiary/aromatic N) is 4. The van der Waals surface area contributed by atoms with Crippen LogP contribution >= 0.6 is 11.3 Å². The van der Waals surface area contributed by atoms with Gasteiger partial charge in [0.25, 0.3) is 0 Å². The molecular formula is C19H26N4OS. The van der Waals surface area contributed by atoms with Crippen molar-refractivity contribution in [1.29, 1.82) is 0 Å². The van der Waals surface area contributed by atoms with E-state index in [0.717, 1.165) is 38.3 Å². The molecule has 0 amide bonds. The van der Waals surface area contributed by atoms with Gasteiger partial charge in [-0.25, -0.2) is 0 Å². The third kappa shape index (κ3) is 4.44. The second kappa shape index (κ2) is 7.91. The minimum atomic E-state index is -0.272. The number of aliphatic hydroxyl groups excluding tert-OH is 1. The number of aromatic nitrogens is 2. The summed E-state index contributed by atoms with van der Waals surface area (Å²) in [5.74, 6) is 0.251. The van der Waals surface area contributed by atoms with Crippen LogP contribution in [0.2, 0.25) is 0 Å². The molecule has 2 fully saturated rings. The van der Waals surface area contributed by atoms with Crippen molar-refractivity contribution in [3.63, 3.8) is 0 Å². The lowest BCUT2D eigenvalue weighted by Crippen LogP contribution is -2.21. The molecule has 134 valence electrons. The van der Waals surface area contributed by atoms with E-state index in [0.29, 0.717) is 0 Å². The van der Waals surface area contributed by atoms with Crippen LogP contribution in [0.1, 0.15) is 29.0 Å². The van der Waals surface area contributed by atoms with Crippen molar-refractivity contribution in [3.05, 3.63) is 46.2 Å². The monoisotopic (exact) mass is 358 g/mol. The first-order valence-electron chi connectivity index (χ1n) is 9.20. The molecule has 4 rings (SSSR count). The molecule has 0 unspecified atom stereocenters. The fourth-order valence-corrected chi connectivity index (χ4v) is 4.91. The Kier molecular flexibility index (Phi) is 5.41. The molecule has 2 aromatic heterocycles. The van der Waals surface area contributed by atoms with Crippen LogP contribution in [-0.4, -0.2) is 57.2 Å². The molecule has 2 aliphatic heterocycles. The lowest BCUT2D eigenvalue weighted by Gasteiger charge is -2.14. The summed E-state index contributed by atoms with van der Waals surface area (Å²) in [5.41, 5.74) is 2.41. The number of rotatable bonds is 6. The molecule has 0 aliphatic carbocycles. The van der Waals surface area contributed by atoms with Crippen LogP contribution in [-0.2, 0) is 19.5 Å². The molecule has 2 aromatic rings. The molecule has 2 saturated heterocycles. The van der Waals surface area contributed by atoms with E-state index >= 15 is 0 Å². The second-order valence-corrected chi connectivity index (χ2v) is 8.32. The quantitative estimate of drug-likeness (QED) is 0.858. The molecule has 0 aromatic carbocycles. The Labute approximate surface area is 153 Å². The minimum absolute atomic E-state index is 0.251. The summed E-state index contributed by atoms with van der Waals surface area (Å²) in [4.78, 5) is 14.8. The first-order chi connectivity index (χ1) is 12.3. The first-order valence-corrected chi connectivity index (χ1v) is 10.1. The molecular weight excluding hydrogens is 332 g/mol. The number of β-amino-alcohol motifs (C(OH)–C–C–N with tert-alkyl or cyclic N) is 1. The standard InChI is InChI=1S/C19H26N4OS/c24-19-13-23(11-16(19)8-17-9-20-3-4-21-17)12-18-7-15(14-25-18)10-22-5-1-2-6-22/h3-4,7,9,14,16,19,24H,1-2,5-6,8,10-13H2/t16-,19-/m1/s1. The van der Waals surface area contributed by atoms with E-state index < -0.39 is 0 Å². The highest BCUT2D eigenvalue weighted by atomic mass is 32.1. The van der Waals surface area contributed by atoms with Crippen LogP contribution < -0.4 is 0 Å². The van der Waals surface area contributed by atoms with Gasteiger partial charge in [0.2, 0.25) is 0 Å². The van der Waals surface area contributed by atoms with Gasteiger partial charge in [-0.05, 0) is 49.4 Å². The smallest absolute Gasteiger partial charge is 0.0711 e. The molecule has 2 aliphatic rings. The summed E-state index contributed by atoms with van der Waals surface area (Å²) >= 11 is 1.85. The molecule has 1 N–H and O–H groups in total. The summed E-state index contributed by atoms with van der Waals surface area (Å²) in [6.07, 6.45) is 8.44. The van der Waals surface area contributed by atoms with Gasteiger partial charge >= 0.3 is 0 Å². The SMILES string of the molecule is O[C@@H]1CN(Cc2cc(CN3CCCC3)cs2)C[C@H]1Cc1cnccn1. The van der Waals surface area contributed by atoms with E-state index in [1.165, 1.54) is 36.4 Å². The predicted octanol–water partition coefficient (Wildman–Crippen LogP) is 2.17. The Morgan fingerprint density at radius 3 is 2.80 bits per heavy atom. The van der Waals surface area contributed by atoms with Crippen LogP contribution in [0.25, 0.3) is 0 Å². The maximum Gasteiger partial charge on any atom is 0.0711 e. The molecule has 6 heteroatoms. The molecule has 4 heterocycles. The van der Waals surface area contributed by atoms with Gasteiger partial charge in [0.05, 0.1) is 11.8 Å². The zero-order chi connectivity index (χ0) is 17.1. The highest BCUT2D eigenvalue weighted by molar-refractivity contribution is 7.10. The van der Waals surface area contributed by atoms with Gasteiger partial charge in [0.15, 0.2) is 0 Å². The Morgan fingerprint density at radius 1 is 1.12 bits per heavy atom. The summed E-state index contributed by atoms with van der Waals surface area (Å²) in [7, 11) is 0. The normalized spacial score (nSPS) is 25.0. The molecule has 0 radical (unpaired) electrons. The average Bonchev–Trinajstić information content (AvgIpc) is 3.34. The third-order valence-corrected chi connectivity index (χ3v) is 6.23. The van der Waals surface area contributed by atoms with Crippen LogP contribution in [0.3, 0.4) is 0 Å². The lowest BCUT2D eigenvalue weighted by atomic mass is 10.0. The van der Waals surface area contributed by atoms with Crippen LogP contribution in [0, 0.1) is 5.92 Å². The van der Waals surface area contributed by atoms with E-state index in [-0.39, 0.29) is 12.0 Å². The molecule has 5 nitrogen and oxygen atoms in total. The Balaban J connectivity index is 1.30. The Hall–Kier alpha value is -1.34.